The van der Waals surface area contributed by atoms with E-state index in [2.05, 4.69) is 6.07 Å². The van der Waals surface area contributed by atoms with E-state index in [0.717, 1.165) is 5.52 Å². The van der Waals surface area contributed by atoms with Crippen molar-refractivity contribution < 1.29 is 13.2 Å². The summed E-state index contributed by atoms with van der Waals surface area (Å²) in [6.45, 7) is 2.27. The van der Waals surface area contributed by atoms with Crippen LogP contribution in [0.15, 0.2) is 29.2 Å². The number of ether oxygens (including phenoxy) is 1. The molecule has 7 heteroatoms. The molecule has 1 aromatic heterocycles. The maximum Gasteiger partial charge on any atom is 0.246 e. The Morgan fingerprint density at radius 2 is 2.09 bits per heavy atom. The molecule has 0 saturated carbocycles. The monoisotopic (exact) mass is 333 g/mol. The van der Waals surface area contributed by atoms with Crippen molar-refractivity contribution in [3.63, 3.8) is 0 Å². The van der Waals surface area contributed by atoms with Gasteiger partial charge in [0.15, 0.2) is 0 Å². The van der Waals surface area contributed by atoms with Gasteiger partial charge in [-0.05, 0) is 13.0 Å². The molecule has 0 bridgehead atoms. The predicted molar refractivity (Wildman–Crippen MR) is 86.4 cm³/mol. The van der Waals surface area contributed by atoms with Crippen molar-refractivity contribution in [1.29, 1.82) is 5.26 Å². The minimum atomic E-state index is -3.82. The minimum Gasteiger partial charge on any atom is -0.378 e. The van der Waals surface area contributed by atoms with Crippen LogP contribution in [0, 0.1) is 18.3 Å². The fraction of sp³-hybridized carbons (Fsp3) is 0.438. The first-order valence-electron chi connectivity index (χ1n) is 7.37. The first-order chi connectivity index (χ1) is 10.8. The van der Waals surface area contributed by atoms with E-state index < -0.39 is 15.6 Å². The summed E-state index contributed by atoms with van der Waals surface area (Å²) in [5, 5.41) is 10.2. The molecule has 1 aromatic carbocycles. The van der Waals surface area contributed by atoms with E-state index in [0.29, 0.717) is 24.1 Å². The summed E-state index contributed by atoms with van der Waals surface area (Å²) >= 11 is 0. The normalized spacial score (nSPS) is 21.9. The number of likely N-dealkylation sites (N-methyl/N-ethyl adjacent to an activating group) is 1. The lowest BCUT2D eigenvalue weighted by Gasteiger charge is -2.30. The van der Waals surface area contributed by atoms with Gasteiger partial charge in [0, 0.05) is 43.7 Å². The Kier molecular flexibility index (Phi) is 3.71. The van der Waals surface area contributed by atoms with Crippen LogP contribution in [-0.4, -0.2) is 43.1 Å². The maximum absolute atomic E-state index is 13.2. The highest BCUT2D eigenvalue weighted by molar-refractivity contribution is 7.89. The molecule has 0 N–H and O–H groups in total. The molecule has 3 rings (SSSR count). The van der Waals surface area contributed by atoms with Crippen LogP contribution in [0.5, 0.6) is 0 Å². The van der Waals surface area contributed by atoms with Crippen LogP contribution in [0.4, 0.5) is 0 Å². The standard InChI is InChI=1S/C16H19N3O3S/c1-12-15(13-6-4-5-7-14(13)18(12)2)23(20,21)19(3)16(10-17)8-9-22-11-16/h4-7H,8-9,11H2,1-3H3. The Labute approximate surface area is 135 Å². The lowest BCUT2D eigenvalue weighted by molar-refractivity contribution is 0.163. The van der Waals surface area contributed by atoms with Gasteiger partial charge in [-0.25, -0.2) is 8.42 Å². The Bertz CT molecular complexity index is 903. The SMILES string of the molecule is Cc1c(S(=O)(=O)N(C)C2(C#N)CCOC2)c2ccccc2n1C. The second-order valence-corrected chi connectivity index (χ2v) is 7.82. The Morgan fingerprint density at radius 3 is 2.70 bits per heavy atom. The van der Waals surface area contributed by atoms with E-state index in [1.165, 1.54) is 11.4 Å². The second kappa shape index (κ2) is 5.34. The number of rotatable bonds is 3. The molecule has 2 aromatic rings. The van der Waals surface area contributed by atoms with Gasteiger partial charge in [0.2, 0.25) is 10.0 Å². The molecule has 0 amide bonds. The van der Waals surface area contributed by atoms with Crippen molar-refractivity contribution in [2.24, 2.45) is 7.05 Å². The van der Waals surface area contributed by atoms with E-state index in [4.69, 9.17) is 4.74 Å². The smallest absolute Gasteiger partial charge is 0.246 e. The number of para-hydroxylation sites is 1. The van der Waals surface area contributed by atoms with Crippen LogP contribution in [0.25, 0.3) is 10.9 Å². The fourth-order valence-electron chi connectivity index (χ4n) is 3.14. The van der Waals surface area contributed by atoms with Crippen LogP contribution in [0.2, 0.25) is 0 Å². The Morgan fingerprint density at radius 1 is 1.39 bits per heavy atom. The molecule has 122 valence electrons. The van der Waals surface area contributed by atoms with Gasteiger partial charge >= 0.3 is 0 Å². The van der Waals surface area contributed by atoms with Crippen molar-refractivity contribution in [3.05, 3.63) is 30.0 Å². The van der Waals surface area contributed by atoms with E-state index in [1.54, 1.807) is 13.0 Å². The number of fused-ring (bicyclic) bond motifs is 1. The Balaban J connectivity index is 2.22. The summed E-state index contributed by atoms with van der Waals surface area (Å²) in [4.78, 5) is 0.264. The molecule has 0 aliphatic carbocycles. The van der Waals surface area contributed by atoms with Crippen LogP contribution in [0.1, 0.15) is 12.1 Å². The summed E-state index contributed by atoms with van der Waals surface area (Å²) in [5.74, 6) is 0. The molecule has 1 aliphatic rings. The molecule has 6 nitrogen and oxygen atoms in total. The van der Waals surface area contributed by atoms with Crippen LogP contribution in [0.3, 0.4) is 0 Å². The number of aromatic nitrogens is 1. The number of nitriles is 1. The predicted octanol–water partition coefficient (Wildman–Crippen LogP) is 1.79. The summed E-state index contributed by atoms with van der Waals surface area (Å²) in [5.41, 5.74) is 0.373. The van der Waals surface area contributed by atoms with Crippen molar-refractivity contribution in [1.82, 2.24) is 8.87 Å². The average molecular weight is 333 g/mol. The second-order valence-electron chi connectivity index (χ2n) is 5.91. The quantitative estimate of drug-likeness (QED) is 0.858. The van der Waals surface area contributed by atoms with Crippen LogP contribution in [-0.2, 0) is 21.8 Å². The summed E-state index contributed by atoms with van der Waals surface area (Å²) in [6, 6.07) is 9.53. The topological polar surface area (TPSA) is 75.3 Å². The minimum absolute atomic E-state index is 0.100. The van der Waals surface area contributed by atoms with Crippen molar-refractivity contribution in [3.8, 4) is 6.07 Å². The van der Waals surface area contributed by atoms with E-state index >= 15 is 0 Å². The van der Waals surface area contributed by atoms with Gasteiger partial charge < -0.3 is 9.30 Å². The zero-order valence-electron chi connectivity index (χ0n) is 13.4. The maximum atomic E-state index is 13.2. The van der Waals surface area contributed by atoms with Gasteiger partial charge in [-0.15, -0.1) is 0 Å². The molecule has 1 atom stereocenters. The molecule has 1 saturated heterocycles. The van der Waals surface area contributed by atoms with E-state index in [9.17, 15) is 13.7 Å². The van der Waals surface area contributed by atoms with Gasteiger partial charge in [0.1, 0.15) is 10.4 Å². The third kappa shape index (κ3) is 2.17. The number of benzene rings is 1. The molecular weight excluding hydrogens is 314 g/mol. The molecule has 1 fully saturated rings. The molecule has 0 radical (unpaired) electrons. The first-order valence-corrected chi connectivity index (χ1v) is 8.81. The largest absolute Gasteiger partial charge is 0.378 e. The van der Waals surface area contributed by atoms with Gasteiger partial charge in [0.25, 0.3) is 0 Å². The lowest BCUT2D eigenvalue weighted by atomic mass is 10.0. The lowest BCUT2D eigenvalue weighted by Crippen LogP contribution is -2.49. The molecule has 1 unspecified atom stereocenters. The van der Waals surface area contributed by atoms with Gasteiger partial charge in [0.05, 0.1) is 12.7 Å². The zero-order valence-corrected chi connectivity index (χ0v) is 14.2. The number of hydrogen-bond acceptors (Lipinski definition) is 4. The third-order valence-corrected chi connectivity index (χ3v) is 6.87. The zero-order chi connectivity index (χ0) is 16.8. The molecule has 1 aliphatic heterocycles. The van der Waals surface area contributed by atoms with Crippen LogP contribution >= 0.6 is 0 Å². The molecular formula is C16H19N3O3S. The van der Waals surface area contributed by atoms with Gasteiger partial charge in [-0.3, -0.25) is 0 Å². The summed E-state index contributed by atoms with van der Waals surface area (Å²) < 4.78 is 34.8. The van der Waals surface area contributed by atoms with Crippen LogP contribution < -0.4 is 0 Å². The number of hydrogen-bond donors (Lipinski definition) is 0. The highest BCUT2D eigenvalue weighted by atomic mass is 32.2. The van der Waals surface area contributed by atoms with E-state index in [-0.39, 0.29) is 11.5 Å². The molecule has 2 heterocycles. The first kappa shape index (κ1) is 16.0. The van der Waals surface area contributed by atoms with Gasteiger partial charge in [-0.1, -0.05) is 18.2 Å². The number of nitrogens with zero attached hydrogens (tertiary/aromatic N) is 3. The highest BCUT2D eigenvalue weighted by Gasteiger charge is 2.46. The van der Waals surface area contributed by atoms with Crippen molar-refractivity contribution in [2.75, 3.05) is 20.3 Å². The number of aryl methyl sites for hydroxylation is 1. The summed E-state index contributed by atoms with van der Waals surface area (Å²) in [7, 11) is -0.510. The van der Waals surface area contributed by atoms with Crippen molar-refractivity contribution >= 4 is 20.9 Å². The van der Waals surface area contributed by atoms with E-state index in [1.807, 2.05) is 29.8 Å². The third-order valence-electron chi connectivity index (χ3n) is 4.77. The molecule has 23 heavy (non-hydrogen) atoms. The van der Waals surface area contributed by atoms with Gasteiger partial charge in [-0.2, -0.15) is 9.57 Å². The van der Waals surface area contributed by atoms with Crippen molar-refractivity contribution in [2.45, 2.75) is 23.8 Å². The molecule has 0 spiro atoms. The fourth-order valence-corrected chi connectivity index (χ4v) is 5.02. The average Bonchev–Trinajstić information content (AvgIpc) is 3.12. The number of sulfonamides is 1. The highest BCUT2D eigenvalue weighted by Crippen LogP contribution is 2.35. The Hall–Kier alpha value is -1.88. The summed E-state index contributed by atoms with van der Waals surface area (Å²) in [6.07, 6.45) is 0.378.